The summed E-state index contributed by atoms with van der Waals surface area (Å²) in [6.07, 6.45) is 1.80. The summed E-state index contributed by atoms with van der Waals surface area (Å²) >= 11 is 3.12. The Kier molecular flexibility index (Phi) is 6.08. The first-order valence-corrected chi connectivity index (χ1v) is 13.0. The Morgan fingerprint density at radius 3 is 2.73 bits per heavy atom. The van der Waals surface area contributed by atoms with Crippen molar-refractivity contribution in [3.63, 3.8) is 0 Å². The van der Waals surface area contributed by atoms with Crippen LogP contribution >= 0.6 is 23.1 Å². The molecule has 168 valence electrons. The van der Waals surface area contributed by atoms with Gasteiger partial charge < -0.3 is 4.90 Å². The summed E-state index contributed by atoms with van der Waals surface area (Å²) in [6, 6.07) is 17.5. The number of carbonyl (C=O) groups is 1. The quantitative estimate of drug-likeness (QED) is 0.287. The van der Waals surface area contributed by atoms with Gasteiger partial charge in [0.2, 0.25) is 5.91 Å². The van der Waals surface area contributed by atoms with Crippen LogP contribution in [0.15, 0.2) is 69.9 Å². The number of thiophene rings is 1. The minimum Gasteiger partial charge on any atom is -0.335 e. The van der Waals surface area contributed by atoms with Gasteiger partial charge >= 0.3 is 0 Å². The maximum Gasteiger partial charge on any atom is 0.266 e. The molecule has 1 amide bonds. The van der Waals surface area contributed by atoms with Crippen molar-refractivity contribution < 1.29 is 4.79 Å². The van der Waals surface area contributed by atoms with Gasteiger partial charge in [-0.15, -0.1) is 11.3 Å². The van der Waals surface area contributed by atoms with E-state index in [0.717, 1.165) is 30.6 Å². The summed E-state index contributed by atoms with van der Waals surface area (Å²) in [5.74, 6) is 0.327. The second-order valence-corrected chi connectivity index (χ2v) is 10.2. The van der Waals surface area contributed by atoms with Crippen molar-refractivity contribution in [2.45, 2.75) is 37.9 Å². The molecule has 2 aromatic heterocycles. The first-order valence-electron chi connectivity index (χ1n) is 11.1. The molecule has 1 atom stereocenters. The molecule has 0 bridgehead atoms. The SMILES string of the molecule is CCC1c2ccsc2CCN1C(=O)CSc1nc2ccccc2c(=O)n1-c1ccc(C)cc1. The number of aromatic nitrogens is 2. The summed E-state index contributed by atoms with van der Waals surface area (Å²) in [5.41, 5.74) is 3.69. The summed E-state index contributed by atoms with van der Waals surface area (Å²) < 4.78 is 1.63. The molecule has 33 heavy (non-hydrogen) atoms. The number of aryl methyl sites for hydroxylation is 1. The van der Waals surface area contributed by atoms with Crippen LogP contribution < -0.4 is 5.56 Å². The normalized spacial score (nSPS) is 15.6. The van der Waals surface area contributed by atoms with E-state index >= 15 is 0 Å². The summed E-state index contributed by atoms with van der Waals surface area (Å²) in [7, 11) is 0. The van der Waals surface area contributed by atoms with E-state index in [1.54, 1.807) is 22.0 Å². The topological polar surface area (TPSA) is 55.2 Å². The molecule has 0 N–H and O–H groups in total. The van der Waals surface area contributed by atoms with Crippen LogP contribution in [0.4, 0.5) is 0 Å². The molecule has 0 saturated carbocycles. The number of para-hydroxylation sites is 1. The maximum atomic E-state index is 13.4. The standard InChI is InChI=1S/C26H25N3O2S2/c1-3-22-20-13-15-32-23(20)12-14-28(22)24(30)16-33-26-27-21-7-5-4-6-19(21)25(31)29(26)18-10-8-17(2)9-11-18/h4-11,13,15,22H,3,12,14,16H2,1-2H3. The van der Waals surface area contributed by atoms with Gasteiger partial charge in [-0.2, -0.15) is 0 Å². The highest BCUT2D eigenvalue weighted by Gasteiger charge is 2.30. The highest BCUT2D eigenvalue weighted by molar-refractivity contribution is 7.99. The largest absolute Gasteiger partial charge is 0.335 e. The third-order valence-corrected chi connectivity index (χ3v) is 8.08. The van der Waals surface area contributed by atoms with Crippen molar-refractivity contribution in [3.05, 3.63) is 86.3 Å². The minimum absolute atomic E-state index is 0.0848. The maximum absolute atomic E-state index is 13.4. The number of fused-ring (bicyclic) bond motifs is 2. The zero-order valence-corrected chi connectivity index (χ0v) is 20.3. The average Bonchev–Trinajstić information content (AvgIpc) is 3.32. The van der Waals surface area contributed by atoms with Crippen molar-refractivity contribution in [1.29, 1.82) is 0 Å². The van der Waals surface area contributed by atoms with Crippen LogP contribution in [0.2, 0.25) is 0 Å². The van der Waals surface area contributed by atoms with Gasteiger partial charge in [-0.1, -0.05) is 48.5 Å². The predicted octanol–water partition coefficient (Wildman–Crippen LogP) is 5.38. The van der Waals surface area contributed by atoms with Crippen molar-refractivity contribution in [1.82, 2.24) is 14.5 Å². The molecule has 3 heterocycles. The summed E-state index contributed by atoms with van der Waals surface area (Å²) in [4.78, 5) is 34.9. The molecule has 5 rings (SSSR count). The zero-order valence-electron chi connectivity index (χ0n) is 18.7. The monoisotopic (exact) mass is 475 g/mol. The first kappa shape index (κ1) is 21.9. The number of thioether (sulfide) groups is 1. The van der Waals surface area contributed by atoms with Gasteiger partial charge in [0.05, 0.1) is 28.4 Å². The van der Waals surface area contributed by atoms with Gasteiger partial charge in [0.15, 0.2) is 5.16 Å². The van der Waals surface area contributed by atoms with Gasteiger partial charge in [-0.3, -0.25) is 14.2 Å². The molecule has 1 aliphatic rings. The Labute approximate surface area is 201 Å². The van der Waals surface area contributed by atoms with Gasteiger partial charge in [-0.25, -0.2) is 4.98 Å². The van der Waals surface area contributed by atoms with Crippen LogP contribution in [0.25, 0.3) is 16.6 Å². The molecule has 0 spiro atoms. The van der Waals surface area contributed by atoms with Gasteiger partial charge in [0.1, 0.15) is 0 Å². The van der Waals surface area contributed by atoms with Crippen LogP contribution in [0.1, 0.15) is 35.4 Å². The second kappa shape index (κ2) is 9.15. The van der Waals surface area contributed by atoms with Crippen LogP contribution in [-0.4, -0.2) is 32.7 Å². The molecule has 1 unspecified atom stereocenters. The molecule has 7 heteroatoms. The van der Waals surface area contributed by atoms with Gasteiger partial charge in [0, 0.05) is 11.4 Å². The van der Waals surface area contributed by atoms with Crippen LogP contribution in [0, 0.1) is 6.92 Å². The Morgan fingerprint density at radius 2 is 1.94 bits per heavy atom. The number of amides is 1. The number of benzene rings is 2. The lowest BCUT2D eigenvalue weighted by Crippen LogP contribution is -2.40. The molecule has 2 aromatic carbocycles. The van der Waals surface area contributed by atoms with Crippen molar-refractivity contribution >= 4 is 39.9 Å². The number of rotatable bonds is 5. The lowest BCUT2D eigenvalue weighted by atomic mass is 9.98. The number of hydrogen-bond donors (Lipinski definition) is 0. The van der Waals surface area contributed by atoms with Gasteiger partial charge in [-0.05, 0) is 61.0 Å². The first-order chi connectivity index (χ1) is 16.1. The van der Waals surface area contributed by atoms with Crippen molar-refractivity contribution in [2.24, 2.45) is 0 Å². The van der Waals surface area contributed by atoms with Crippen LogP contribution in [-0.2, 0) is 11.2 Å². The fraction of sp³-hybridized carbons (Fsp3) is 0.269. The third kappa shape index (κ3) is 4.11. The Bertz CT molecular complexity index is 1370. The van der Waals surface area contributed by atoms with Gasteiger partial charge in [0.25, 0.3) is 5.56 Å². The van der Waals surface area contributed by atoms with E-state index in [9.17, 15) is 9.59 Å². The predicted molar refractivity (Wildman–Crippen MR) is 136 cm³/mol. The van der Waals surface area contributed by atoms with E-state index in [1.807, 2.05) is 54.3 Å². The van der Waals surface area contributed by atoms with E-state index in [0.29, 0.717) is 16.1 Å². The fourth-order valence-electron chi connectivity index (χ4n) is 4.48. The van der Waals surface area contributed by atoms with E-state index in [4.69, 9.17) is 4.98 Å². The number of hydrogen-bond acceptors (Lipinski definition) is 5. The van der Waals surface area contributed by atoms with Crippen molar-refractivity contribution in [2.75, 3.05) is 12.3 Å². The Balaban J connectivity index is 1.47. The van der Waals surface area contributed by atoms with E-state index in [-0.39, 0.29) is 23.3 Å². The van der Waals surface area contributed by atoms with Crippen LogP contribution in [0.5, 0.6) is 0 Å². The number of carbonyl (C=O) groups excluding carboxylic acids is 1. The molecule has 5 nitrogen and oxygen atoms in total. The smallest absolute Gasteiger partial charge is 0.266 e. The number of nitrogens with zero attached hydrogens (tertiary/aromatic N) is 3. The van der Waals surface area contributed by atoms with Crippen LogP contribution in [0.3, 0.4) is 0 Å². The molecular weight excluding hydrogens is 450 g/mol. The Hall–Kier alpha value is -2.90. The highest BCUT2D eigenvalue weighted by atomic mass is 32.2. The molecule has 0 fully saturated rings. The van der Waals surface area contributed by atoms with E-state index < -0.39 is 0 Å². The van der Waals surface area contributed by atoms with E-state index in [1.165, 1.54) is 22.2 Å². The summed E-state index contributed by atoms with van der Waals surface area (Å²) in [5, 5.41) is 3.23. The molecule has 0 saturated heterocycles. The summed E-state index contributed by atoms with van der Waals surface area (Å²) in [6.45, 7) is 4.88. The molecule has 4 aromatic rings. The Morgan fingerprint density at radius 1 is 1.15 bits per heavy atom. The zero-order chi connectivity index (χ0) is 22.9. The van der Waals surface area contributed by atoms with Crippen molar-refractivity contribution in [3.8, 4) is 5.69 Å². The third-order valence-electron chi connectivity index (χ3n) is 6.16. The lowest BCUT2D eigenvalue weighted by molar-refractivity contribution is -0.131. The minimum atomic E-state index is -0.119. The molecular formula is C26H25N3O2S2. The second-order valence-electron chi connectivity index (χ2n) is 8.24. The molecule has 0 aliphatic carbocycles. The lowest BCUT2D eigenvalue weighted by Gasteiger charge is -2.35. The molecule has 1 aliphatic heterocycles. The fourth-order valence-corrected chi connectivity index (χ4v) is 6.30. The average molecular weight is 476 g/mol. The molecule has 0 radical (unpaired) electrons. The van der Waals surface area contributed by atoms with E-state index in [2.05, 4.69) is 18.4 Å². The highest BCUT2D eigenvalue weighted by Crippen LogP contribution is 2.35.